The Bertz CT molecular complexity index is 488. The maximum atomic E-state index is 10.8. The van der Waals surface area contributed by atoms with Gasteiger partial charge in [0.15, 0.2) is 0 Å². The minimum atomic E-state index is -0.156. The van der Waals surface area contributed by atoms with Gasteiger partial charge in [-0.05, 0) is 18.2 Å². The summed E-state index contributed by atoms with van der Waals surface area (Å²) >= 11 is 0. The number of nitrogens with two attached hydrogens (primary N) is 1. The van der Waals surface area contributed by atoms with E-state index in [1.54, 1.807) is 24.3 Å². The summed E-state index contributed by atoms with van der Waals surface area (Å²) in [6.07, 6.45) is 0. The fourth-order valence-corrected chi connectivity index (χ4v) is 1.30. The van der Waals surface area contributed by atoms with E-state index in [-0.39, 0.29) is 5.91 Å². The molecule has 1 aromatic carbocycles. The zero-order valence-corrected chi connectivity index (χ0v) is 7.70. The minimum absolute atomic E-state index is 0.156. The van der Waals surface area contributed by atoms with Crippen LogP contribution in [0.2, 0.25) is 0 Å². The highest BCUT2D eigenvalue weighted by Gasteiger charge is 2.04. The van der Waals surface area contributed by atoms with Crippen molar-refractivity contribution in [1.82, 2.24) is 0 Å². The Morgan fingerprint density at radius 3 is 2.93 bits per heavy atom. The third kappa shape index (κ3) is 1.54. The largest absolute Gasteiger partial charge is 0.440 e. The highest BCUT2D eigenvalue weighted by molar-refractivity contribution is 5.91. The van der Waals surface area contributed by atoms with E-state index in [1.165, 1.54) is 6.92 Å². The first-order valence-electron chi connectivity index (χ1n) is 4.22. The monoisotopic (exact) mass is 190 g/mol. The van der Waals surface area contributed by atoms with Crippen LogP contribution in [0.3, 0.4) is 0 Å². The third-order valence-electron chi connectivity index (χ3n) is 1.84. The van der Waals surface area contributed by atoms with Gasteiger partial charge in [-0.2, -0.15) is 0 Å². The third-order valence-corrected chi connectivity index (χ3v) is 1.84. The molecule has 1 aromatic heterocycles. The second-order valence-corrected chi connectivity index (χ2v) is 3.09. The molecule has 0 saturated carbocycles. The van der Waals surface area contributed by atoms with Crippen LogP contribution in [0.1, 0.15) is 6.92 Å². The lowest BCUT2D eigenvalue weighted by Crippen LogP contribution is -2.04. The highest BCUT2D eigenvalue weighted by Crippen LogP contribution is 2.24. The number of nitrogen functional groups attached to an aromatic ring is 1. The molecular weight excluding hydrogens is 180 g/mol. The van der Waals surface area contributed by atoms with Crippen LogP contribution in [0.25, 0.3) is 11.0 Å². The van der Waals surface area contributed by atoms with Crippen molar-refractivity contribution < 1.29 is 9.21 Å². The van der Waals surface area contributed by atoms with Crippen molar-refractivity contribution in [3.05, 3.63) is 24.3 Å². The molecule has 0 saturated heterocycles. The predicted octanol–water partition coefficient (Wildman–Crippen LogP) is 1.97. The summed E-state index contributed by atoms with van der Waals surface area (Å²) in [7, 11) is 0. The Morgan fingerprint density at radius 2 is 2.21 bits per heavy atom. The average molecular weight is 190 g/mol. The number of hydrogen-bond donors (Lipinski definition) is 2. The van der Waals surface area contributed by atoms with E-state index in [2.05, 4.69) is 5.32 Å². The molecule has 0 aliphatic carbocycles. The standard InChI is InChI=1S/C10H10N2O2/c1-6(13)12-10-5-7-4-8(11)2-3-9(7)14-10/h2-5H,11H2,1H3,(H,12,13). The number of carbonyl (C=O) groups excluding carboxylic acids is 1. The van der Waals surface area contributed by atoms with Gasteiger partial charge in [-0.15, -0.1) is 0 Å². The second-order valence-electron chi connectivity index (χ2n) is 3.09. The number of nitrogens with one attached hydrogen (secondary N) is 1. The Kier molecular flexibility index (Phi) is 1.89. The van der Waals surface area contributed by atoms with Gasteiger partial charge in [0.1, 0.15) is 5.58 Å². The molecule has 0 aliphatic rings. The number of rotatable bonds is 1. The molecule has 4 nitrogen and oxygen atoms in total. The van der Waals surface area contributed by atoms with Gasteiger partial charge in [0.25, 0.3) is 0 Å². The van der Waals surface area contributed by atoms with Crippen molar-refractivity contribution in [2.75, 3.05) is 11.1 Å². The van der Waals surface area contributed by atoms with E-state index >= 15 is 0 Å². The van der Waals surface area contributed by atoms with Crippen LogP contribution in [0, 0.1) is 0 Å². The van der Waals surface area contributed by atoms with Crippen LogP contribution in [-0.4, -0.2) is 5.91 Å². The maximum absolute atomic E-state index is 10.8. The number of amides is 1. The maximum Gasteiger partial charge on any atom is 0.223 e. The van der Waals surface area contributed by atoms with Crippen LogP contribution in [0.5, 0.6) is 0 Å². The topological polar surface area (TPSA) is 68.3 Å². The Morgan fingerprint density at radius 1 is 1.43 bits per heavy atom. The molecule has 4 heteroatoms. The lowest BCUT2D eigenvalue weighted by Gasteiger charge is -1.92. The zero-order chi connectivity index (χ0) is 10.1. The summed E-state index contributed by atoms with van der Waals surface area (Å²) in [6.45, 7) is 1.43. The molecule has 0 unspecified atom stereocenters. The minimum Gasteiger partial charge on any atom is -0.440 e. The molecule has 0 radical (unpaired) electrons. The van der Waals surface area contributed by atoms with Crippen LogP contribution < -0.4 is 11.1 Å². The van der Waals surface area contributed by atoms with Gasteiger partial charge in [-0.25, -0.2) is 0 Å². The summed E-state index contributed by atoms with van der Waals surface area (Å²) in [5.41, 5.74) is 6.99. The smallest absolute Gasteiger partial charge is 0.223 e. The van der Waals surface area contributed by atoms with E-state index < -0.39 is 0 Å². The molecule has 14 heavy (non-hydrogen) atoms. The Balaban J connectivity index is 2.46. The fourth-order valence-electron chi connectivity index (χ4n) is 1.30. The quantitative estimate of drug-likeness (QED) is 0.675. The lowest BCUT2D eigenvalue weighted by atomic mass is 10.2. The molecule has 2 aromatic rings. The van der Waals surface area contributed by atoms with Crippen molar-refractivity contribution in [1.29, 1.82) is 0 Å². The molecule has 72 valence electrons. The van der Waals surface area contributed by atoms with Crippen LogP contribution in [0.4, 0.5) is 11.6 Å². The Hall–Kier alpha value is -1.97. The van der Waals surface area contributed by atoms with Gasteiger partial charge >= 0.3 is 0 Å². The number of fused-ring (bicyclic) bond motifs is 1. The van der Waals surface area contributed by atoms with Crippen molar-refractivity contribution >= 4 is 28.4 Å². The molecule has 0 atom stereocenters. The molecule has 0 bridgehead atoms. The van der Waals surface area contributed by atoms with Gasteiger partial charge in [0.05, 0.1) is 0 Å². The zero-order valence-electron chi connectivity index (χ0n) is 7.70. The van der Waals surface area contributed by atoms with Gasteiger partial charge < -0.3 is 10.2 Å². The average Bonchev–Trinajstić information content (AvgIpc) is 2.44. The molecule has 0 fully saturated rings. The van der Waals surface area contributed by atoms with E-state index in [4.69, 9.17) is 10.2 Å². The van der Waals surface area contributed by atoms with Crippen LogP contribution in [0.15, 0.2) is 28.7 Å². The van der Waals surface area contributed by atoms with Crippen molar-refractivity contribution in [3.8, 4) is 0 Å². The van der Waals surface area contributed by atoms with E-state index in [1.807, 2.05) is 0 Å². The number of furan rings is 1. The lowest BCUT2D eigenvalue weighted by molar-refractivity contribution is -0.114. The van der Waals surface area contributed by atoms with Gasteiger partial charge in [0.2, 0.25) is 11.8 Å². The Labute approximate surface area is 80.7 Å². The second kappa shape index (κ2) is 3.06. The summed E-state index contributed by atoms with van der Waals surface area (Å²) in [5.74, 6) is 0.287. The molecule has 2 rings (SSSR count). The molecule has 3 N–H and O–H groups in total. The number of carbonyl (C=O) groups is 1. The van der Waals surface area contributed by atoms with Crippen molar-refractivity contribution in [2.45, 2.75) is 6.92 Å². The summed E-state index contributed by atoms with van der Waals surface area (Å²) in [5, 5.41) is 3.45. The fraction of sp³-hybridized carbons (Fsp3) is 0.100. The van der Waals surface area contributed by atoms with Gasteiger partial charge in [-0.3, -0.25) is 10.1 Å². The first kappa shape index (κ1) is 8.62. The van der Waals surface area contributed by atoms with E-state index in [0.717, 1.165) is 5.39 Å². The first-order valence-corrected chi connectivity index (χ1v) is 4.22. The summed E-state index contributed by atoms with van der Waals surface area (Å²) in [6, 6.07) is 7.07. The van der Waals surface area contributed by atoms with Gasteiger partial charge in [0, 0.05) is 24.1 Å². The predicted molar refractivity (Wildman–Crippen MR) is 54.9 cm³/mol. The summed E-state index contributed by atoms with van der Waals surface area (Å²) in [4.78, 5) is 10.8. The van der Waals surface area contributed by atoms with Crippen molar-refractivity contribution in [3.63, 3.8) is 0 Å². The first-order chi connectivity index (χ1) is 6.65. The molecule has 0 aliphatic heterocycles. The molecule has 1 amide bonds. The van der Waals surface area contributed by atoms with Gasteiger partial charge in [-0.1, -0.05) is 0 Å². The van der Waals surface area contributed by atoms with Crippen LogP contribution >= 0.6 is 0 Å². The normalized spacial score (nSPS) is 10.4. The number of benzene rings is 1. The number of anilines is 2. The highest BCUT2D eigenvalue weighted by atomic mass is 16.4. The van der Waals surface area contributed by atoms with Crippen LogP contribution in [-0.2, 0) is 4.79 Å². The number of hydrogen-bond acceptors (Lipinski definition) is 3. The van der Waals surface area contributed by atoms with Crippen molar-refractivity contribution in [2.24, 2.45) is 0 Å². The SMILES string of the molecule is CC(=O)Nc1cc2cc(N)ccc2o1. The van der Waals surface area contributed by atoms with E-state index in [0.29, 0.717) is 17.2 Å². The summed E-state index contributed by atoms with van der Waals surface area (Å²) < 4.78 is 5.35. The molecule has 1 heterocycles. The van der Waals surface area contributed by atoms with E-state index in [9.17, 15) is 4.79 Å². The molecule has 0 spiro atoms. The molecular formula is C10H10N2O2.